The third-order valence-electron chi connectivity index (χ3n) is 4.90. The zero-order valence-corrected chi connectivity index (χ0v) is 14.2. The lowest BCUT2D eigenvalue weighted by atomic mass is 10.2. The van der Waals surface area contributed by atoms with Gasteiger partial charge in [0.15, 0.2) is 0 Å². The molecule has 2 aliphatic rings. The molecule has 4 nitrogen and oxygen atoms in total. The molecule has 3 rings (SSSR count). The molecule has 0 aromatic heterocycles. The molecule has 0 saturated carbocycles. The van der Waals surface area contributed by atoms with Crippen LogP contribution in [-0.2, 0) is 4.79 Å². The zero-order chi connectivity index (χ0) is 17.2. The summed E-state index contributed by atoms with van der Waals surface area (Å²) < 4.78 is 26.3. The lowest BCUT2D eigenvalue weighted by molar-refractivity contribution is -0.132. The second-order valence-corrected chi connectivity index (χ2v) is 6.84. The number of hydrogen-bond donors (Lipinski definition) is 0. The number of carbonyl (C=O) groups excluding carboxylic acids is 1. The molecule has 2 fully saturated rings. The first kappa shape index (κ1) is 17.1. The minimum absolute atomic E-state index is 0.145. The molecule has 0 atom stereocenters. The highest BCUT2D eigenvalue weighted by Gasteiger charge is 2.40. The summed E-state index contributed by atoms with van der Waals surface area (Å²) >= 11 is 0. The van der Waals surface area contributed by atoms with Gasteiger partial charge in [-0.15, -0.1) is 0 Å². The minimum Gasteiger partial charge on any atom is -0.369 e. The van der Waals surface area contributed by atoms with E-state index in [4.69, 9.17) is 0 Å². The van der Waals surface area contributed by atoms with E-state index >= 15 is 0 Å². The minimum atomic E-state index is -2.70. The van der Waals surface area contributed by atoms with E-state index in [1.54, 1.807) is 0 Å². The van der Waals surface area contributed by atoms with Gasteiger partial charge in [0.1, 0.15) is 0 Å². The van der Waals surface area contributed by atoms with Crippen molar-refractivity contribution >= 4 is 11.6 Å². The highest BCUT2D eigenvalue weighted by atomic mass is 19.3. The molecule has 0 unspecified atom stereocenters. The highest BCUT2D eigenvalue weighted by molar-refractivity contribution is 5.76. The summed E-state index contributed by atoms with van der Waals surface area (Å²) in [6.45, 7) is 6.18. The molecule has 1 amide bonds. The number of likely N-dealkylation sites (tertiary alicyclic amines) is 1. The fraction of sp³-hybridized carbons (Fsp3) is 0.611. The first-order valence-electron chi connectivity index (χ1n) is 8.62. The van der Waals surface area contributed by atoms with Gasteiger partial charge in [0, 0.05) is 57.8 Å². The number of aryl methyl sites for hydroxylation is 1. The Hall–Kier alpha value is -1.69. The number of alkyl halides is 2. The van der Waals surface area contributed by atoms with E-state index in [2.05, 4.69) is 41.0 Å². The number of benzene rings is 1. The van der Waals surface area contributed by atoms with Gasteiger partial charge in [-0.1, -0.05) is 12.1 Å². The van der Waals surface area contributed by atoms with Crippen LogP contribution in [0.1, 0.15) is 18.4 Å². The molecular weight excluding hydrogens is 312 g/mol. The summed E-state index contributed by atoms with van der Waals surface area (Å²) in [6.07, 6.45) is 0.133. The van der Waals surface area contributed by atoms with Crippen molar-refractivity contribution in [2.24, 2.45) is 0 Å². The molecule has 2 heterocycles. The van der Waals surface area contributed by atoms with Gasteiger partial charge >= 0.3 is 0 Å². The summed E-state index contributed by atoms with van der Waals surface area (Å²) in [4.78, 5) is 18.0. The summed E-state index contributed by atoms with van der Waals surface area (Å²) in [6, 6.07) is 8.47. The Morgan fingerprint density at radius 1 is 1.17 bits per heavy atom. The van der Waals surface area contributed by atoms with Gasteiger partial charge in [-0.05, 0) is 24.6 Å². The van der Waals surface area contributed by atoms with Crippen molar-refractivity contribution in [3.63, 3.8) is 0 Å². The van der Waals surface area contributed by atoms with Crippen LogP contribution in [0.2, 0.25) is 0 Å². The Labute approximate surface area is 142 Å². The zero-order valence-electron chi connectivity index (χ0n) is 14.2. The van der Waals surface area contributed by atoms with Crippen LogP contribution >= 0.6 is 0 Å². The first-order chi connectivity index (χ1) is 11.4. The van der Waals surface area contributed by atoms with Crippen molar-refractivity contribution in [3.05, 3.63) is 29.8 Å². The Morgan fingerprint density at radius 3 is 2.54 bits per heavy atom. The molecule has 0 spiro atoms. The summed E-state index contributed by atoms with van der Waals surface area (Å²) in [5.74, 6) is -2.84. The SMILES string of the molecule is Cc1cccc(N2CCN(CCC(=O)N3CCC(F)(F)C3)CC2)c1. The Bertz CT molecular complexity index is 585. The Morgan fingerprint density at radius 2 is 1.92 bits per heavy atom. The molecular formula is C18H25F2N3O. The Balaban J connectivity index is 1.42. The van der Waals surface area contributed by atoms with Crippen molar-refractivity contribution in [3.8, 4) is 0 Å². The molecule has 6 heteroatoms. The summed E-state index contributed by atoms with van der Waals surface area (Å²) in [5.41, 5.74) is 2.49. The number of amides is 1. The van der Waals surface area contributed by atoms with Crippen LogP contribution < -0.4 is 4.90 Å². The van der Waals surface area contributed by atoms with Crippen molar-refractivity contribution in [1.29, 1.82) is 0 Å². The molecule has 24 heavy (non-hydrogen) atoms. The molecule has 0 bridgehead atoms. The van der Waals surface area contributed by atoms with Crippen LogP contribution in [-0.4, -0.2) is 67.4 Å². The average molecular weight is 337 g/mol. The molecule has 0 radical (unpaired) electrons. The standard InChI is InChI=1S/C18H25F2N3O/c1-15-3-2-4-16(13-15)22-11-9-21(10-12-22)7-5-17(24)23-8-6-18(19,20)14-23/h2-4,13H,5-12,14H2,1H3. The molecule has 2 saturated heterocycles. The van der Waals surface area contributed by atoms with E-state index in [0.29, 0.717) is 13.0 Å². The van der Waals surface area contributed by atoms with Gasteiger partial charge < -0.3 is 9.80 Å². The average Bonchev–Trinajstić information content (AvgIpc) is 2.93. The lowest BCUT2D eigenvalue weighted by Crippen LogP contribution is -2.47. The van der Waals surface area contributed by atoms with E-state index in [9.17, 15) is 13.6 Å². The predicted octanol–water partition coefficient (Wildman–Crippen LogP) is 2.37. The molecule has 1 aromatic rings. The maximum absolute atomic E-state index is 13.2. The number of carbonyl (C=O) groups is 1. The maximum Gasteiger partial charge on any atom is 0.267 e. The molecule has 0 aliphatic carbocycles. The third kappa shape index (κ3) is 4.23. The van der Waals surface area contributed by atoms with E-state index in [-0.39, 0.29) is 18.9 Å². The first-order valence-corrected chi connectivity index (χ1v) is 8.62. The van der Waals surface area contributed by atoms with E-state index in [1.807, 2.05) is 0 Å². The van der Waals surface area contributed by atoms with Crippen molar-refractivity contribution < 1.29 is 13.6 Å². The smallest absolute Gasteiger partial charge is 0.267 e. The quantitative estimate of drug-likeness (QED) is 0.844. The van der Waals surface area contributed by atoms with E-state index < -0.39 is 12.5 Å². The van der Waals surface area contributed by atoms with Crippen LogP contribution in [0.25, 0.3) is 0 Å². The second kappa shape index (κ2) is 7.05. The van der Waals surface area contributed by atoms with Gasteiger partial charge in [-0.3, -0.25) is 9.69 Å². The van der Waals surface area contributed by atoms with Crippen LogP contribution in [0.15, 0.2) is 24.3 Å². The van der Waals surface area contributed by atoms with E-state index in [0.717, 1.165) is 26.2 Å². The van der Waals surface area contributed by atoms with Crippen LogP contribution in [0.4, 0.5) is 14.5 Å². The number of anilines is 1. The number of hydrogen-bond acceptors (Lipinski definition) is 3. The number of nitrogens with zero attached hydrogens (tertiary/aromatic N) is 3. The monoisotopic (exact) mass is 337 g/mol. The number of rotatable bonds is 4. The van der Waals surface area contributed by atoms with Crippen molar-refractivity contribution in [1.82, 2.24) is 9.80 Å². The van der Waals surface area contributed by atoms with Gasteiger partial charge in [-0.2, -0.15) is 0 Å². The molecule has 132 valence electrons. The van der Waals surface area contributed by atoms with Gasteiger partial charge in [0.05, 0.1) is 6.54 Å². The molecule has 0 N–H and O–H groups in total. The van der Waals surface area contributed by atoms with Crippen LogP contribution in [0.5, 0.6) is 0 Å². The third-order valence-corrected chi connectivity index (χ3v) is 4.90. The lowest BCUT2D eigenvalue weighted by Gasteiger charge is -2.36. The summed E-state index contributed by atoms with van der Waals surface area (Å²) in [7, 11) is 0. The topological polar surface area (TPSA) is 26.8 Å². The predicted molar refractivity (Wildman–Crippen MR) is 90.6 cm³/mol. The van der Waals surface area contributed by atoms with Crippen molar-refractivity contribution in [2.45, 2.75) is 25.7 Å². The van der Waals surface area contributed by atoms with Gasteiger partial charge in [0.25, 0.3) is 5.92 Å². The van der Waals surface area contributed by atoms with Crippen LogP contribution in [0.3, 0.4) is 0 Å². The Kier molecular flexibility index (Phi) is 5.04. The van der Waals surface area contributed by atoms with E-state index in [1.165, 1.54) is 16.2 Å². The van der Waals surface area contributed by atoms with Gasteiger partial charge in [-0.25, -0.2) is 8.78 Å². The van der Waals surface area contributed by atoms with Gasteiger partial charge in [0.2, 0.25) is 5.91 Å². The summed E-state index contributed by atoms with van der Waals surface area (Å²) in [5, 5.41) is 0. The second-order valence-electron chi connectivity index (χ2n) is 6.84. The fourth-order valence-corrected chi connectivity index (χ4v) is 3.41. The highest BCUT2D eigenvalue weighted by Crippen LogP contribution is 2.27. The molecule has 2 aliphatic heterocycles. The normalized spacial score (nSPS) is 21.3. The van der Waals surface area contributed by atoms with Crippen LogP contribution in [0, 0.1) is 6.92 Å². The number of halogens is 2. The maximum atomic E-state index is 13.2. The molecule has 1 aromatic carbocycles. The number of piperazine rings is 1. The largest absolute Gasteiger partial charge is 0.369 e. The van der Waals surface area contributed by atoms with Crippen molar-refractivity contribution in [2.75, 3.05) is 50.7 Å². The fourth-order valence-electron chi connectivity index (χ4n) is 3.41.